The lowest BCUT2D eigenvalue weighted by molar-refractivity contribution is 0.102. The van der Waals surface area contributed by atoms with Gasteiger partial charge in [0.05, 0.1) is 0 Å². The van der Waals surface area contributed by atoms with E-state index in [0.29, 0.717) is 10.8 Å². The van der Waals surface area contributed by atoms with Crippen LogP contribution in [-0.2, 0) is 6.42 Å². The SMILES string of the molecule is CCCCc1nnc(NC(=O)c2cnc3ccc(C)cn3c2=O)s1. The van der Waals surface area contributed by atoms with Gasteiger partial charge in [-0.2, -0.15) is 0 Å². The molecule has 0 saturated heterocycles. The van der Waals surface area contributed by atoms with Crippen molar-refractivity contribution in [3.05, 3.63) is 51.0 Å². The van der Waals surface area contributed by atoms with E-state index in [1.54, 1.807) is 12.3 Å². The van der Waals surface area contributed by atoms with E-state index in [9.17, 15) is 9.59 Å². The van der Waals surface area contributed by atoms with Crippen LogP contribution in [0.5, 0.6) is 0 Å². The van der Waals surface area contributed by atoms with Crippen LogP contribution < -0.4 is 10.9 Å². The van der Waals surface area contributed by atoms with Gasteiger partial charge in [0, 0.05) is 18.8 Å². The van der Waals surface area contributed by atoms with Crippen LogP contribution in [0.3, 0.4) is 0 Å². The number of hydrogen-bond donors (Lipinski definition) is 1. The van der Waals surface area contributed by atoms with Crippen LogP contribution in [0.15, 0.2) is 29.3 Å². The molecule has 3 aromatic heterocycles. The van der Waals surface area contributed by atoms with Crippen molar-refractivity contribution in [2.75, 3.05) is 5.32 Å². The van der Waals surface area contributed by atoms with Gasteiger partial charge in [-0.25, -0.2) is 4.98 Å². The zero-order valence-electron chi connectivity index (χ0n) is 13.4. The second-order valence-electron chi connectivity index (χ2n) is 5.47. The highest BCUT2D eigenvalue weighted by molar-refractivity contribution is 7.15. The first-order valence-corrected chi connectivity index (χ1v) is 8.52. The van der Waals surface area contributed by atoms with Crippen molar-refractivity contribution in [1.29, 1.82) is 0 Å². The number of rotatable bonds is 5. The Bertz CT molecular complexity index is 947. The summed E-state index contributed by atoms with van der Waals surface area (Å²) in [6, 6.07) is 3.60. The van der Waals surface area contributed by atoms with Gasteiger partial charge in [0.2, 0.25) is 5.13 Å². The maximum atomic E-state index is 12.5. The summed E-state index contributed by atoms with van der Waals surface area (Å²) in [7, 11) is 0. The fourth-order valence-corrected chi connectivity index (χ4v) is 3.01. The number of aromatic nitrogens is 4. The van der Waals surface area contributed by atoms with Gasteiger partial charge in [0.1, 0.15) is 16.2 Å². The quantitative estimate of drug-likeness (QED) is 0.768. The number of carbonyl (C=O) groups excluding carboxylic acids is 1. The predicted octanol–water partition coefficient (Wildman–Crippen LogP) is 2.45. The lowest BCUT2D eigenvalue weighted by Gasteiger charge is -2.04. The Kier molecular flexibility index (Phi) is 4.66. The van der Waals surface area contributed by atoms with Crippen LogP contribution in [0.25, 0.3) is 5.65 Å². The molecular weight excluding hydrogens is 326 g/mol. The molecule has 24 heavy (non-hydrogen) atoms. The Morgan fingerprint density at radius 3 is 2.96 bits per heavy atom. The zero-order valence-corrected chi connectivity index (χ0v) is 14.3. The standard InChI is InChI=1S/C16H17N5O2S/c1-3-4-5-13-19-20-16(24-13)18-14(22)11-8-17-12-7-6-10(2)9-21(12)15(11)23/h6-9H,3-5H2,1-2H3,(H,18,20,22). The Balaban J connectivity index is 1.85. The Morgan fingerprint density at radius 2 is 2.17 bits per heavy atom. The molecule has 0 atom stereocenters. The summed E-state index contributed by atoms with van der Waals surface area (Å²) >= 11 is 1.32. The van der Waals surface area contributed by atoms with Crippen molar-refractivity contribution in [2.45, 2.75) is 33.1 Å². The first-order chi connectivity index (χ1) is 11.6. The van der Waals surface area contributed by atoms with E-state index in [0.717, 1.165) is 29.8 Å². The minimum Gasteiger partial charge on any atom is -0.296 e. The summed E-state index contributed by atoms with van der Waals surface area (Å²) in [6.07, 6.45) is 5.89. The van der Waals surface area contributed by atoms with Gasteiger partial charge in [-0.15, -0.1) is 10.2 Å². The van der Waals surface area contributed by atoms with Gasteiger partial charge in [0.25, 0.3) is 11.5 Å². The molecule has 0 spiro atoms. The molecule has 3 aromatic rings. The van der Waals surface area contributed by atoms with Crippen LogP contribution in [0.4, 0.5) is 5.13 Å². The number of fused-ring (bicyclic) bond motifs is 1. The second-order valence-corrected chi connectivity index (χ2v) is 6.53. The highest BCUT2D eigenvalue weighted by Crippen LogP contribution is 2.17. The van der Waals surface area contributed by atoms with Crippen LogP contribution in [-0.4, -0.2) is 25.5 Å². The fraction of sp³-hybridized carbons (Fsp3) is 0.312. The molecule has 1 N–H and O–H groups in total. The van der Waals surface area contributed by atoms with E-state index < -0.39 is 11.5 Å². The molecule has 0 saturated carbocycles. The maximum Gasteiger partial charge on any atom is 0.270 e. The van der Waals surface area contributed by atoms with Gasteiger partial charge in [-0.05, 0) is 25.0 Å². The Hall–Kier alpha value is -2.61. The van der Waals surface area contributed by atoms with E-state index in [1.165, 1.54) is 21.9 Å². The van der Waals surface area contributed by atoms with E-state index >= 15 is 0 Å². The van der Waals surface area contributed by atoms with Crippen LogP contribution in [0.2, 0.25) is 0 Å². The Morgan fingerprint density at radius 1 is 1.33 bits per heavy atom. The third-order valence-corrected chi connectivity index (χ3v) is 4.42. The number of hydrogen-bond acceptors (Lipinski definition) is 6. The topological polar surface area (TPSA) is 89.2 Å². The van der Waals surface area contributed by atoms with Crippen molar-refractivity contribution in [1.82, 2.24) is 19.6 Å². The average molecular weight is 343 g/mol. The molecule has 0 aliphatic rings. The van der Waals surface area contributed by atoms with Crippen molar-refractivity contribution in [3.63, 3.8) is 0 Å². The molecule has 0 aromatic carbocycles. The zero-order chi connectivity index (χ0) is 17.1. The number of anilines is 1. The van der Waals surface area contributed by atoms with Crippen molar-refractivity contribution in [3.8, 4) is 0 Å². The van der Waals surface area contributed by atoms with Gasteiger partial charge in [0.15, 0.2) is 0 Å². The number of unbranched alkanes of at least 4 members (excludes halogenated alkanes) is 1. The normalized spacial score (nSPS) is 10.9. The van der Waals surface area contributed by atoms with Gasteiger partial charge in [-0.1, -0.05) is 30.7 Å². The minimum absolute atomic E-state index is 0.0246. The molecule has 7 nitrogen and oxygen atoms in total. The highest BCUT2D eigenvalue weighted by atomic mass is 32.1. The molecule has 0 bridgehead atoms. The number of aryl methyl sites for hydroxylation is 2. The van der Waals surface area contributed by atoms with Crippen LogP contribution >= 0.6 is 11.3 Å². The second kappa shape index (κ2) is 6.88. The van der Waals surface area contributed by atoms with Gasteiger partial charge >= 0.3 is 0 Å². The van der Waals surface area contributed by atoms with E-state index in [4.69, 9.17) is 0 Å². The van der Waals surface area contributed by atoms with Gasteiger partial charge in [-0.3, -0.25) is 19.3 Å². The summed E-state index contributed by atoms with van der Waals surface area (Å²) in [5, 5.41) is 11.9. The summed E-state index contributed by atoms with van der Waals surface area (Å²) in [5.74, 6) is -0.526. The molecule has 124 valence electrons. The molecule has 0 aliphatic heterocycles. The third kappa shape index (κ3) is 3.33. The van der Waals surface area contributed by atoms with E-state index in [1.807, 2.05) is 13.0 Å². The molecule has 3 rings (SSSR count). The van der Waals surface area contributed by atoms with E-state index in [2.05, 4.69) is 27.4 Å². The molecular formula is C16H17N5O2S. The highest BCUT2D eigenvalue weighted by Gasteiger charge is 2.15. The predicted molar refractivity (Wildman–Crippen MR) is 92.7 cm³/mol. The van der Waals surface area contributed by atoms with Crippen LogP contribution in [0.1, 0.15) is 40.7 Å². The lowest BCUT2D eigenvalue weighted by atomic mass is 10.3. The Labute approximate surface area is 142 Å². The average Bonchev–Trinajstić information content (AvgIpc) is 3.01. The van der Waals surface area contributed by atoms with Gasteiger partial charge < -0.3 is 0 Å². The third-order valence-electron chi connectivity index (χ3n) is 3.53. The smallest absolute Gasteiger partial charge is 0.270 e. The maximum absolute atomic E-state index is 12.5. The first kappa shape index (κ1) is 16.3. The lowest BCUT2D eigenvalue weighted by Crippen LogP contribution is -2.26. The number of amides is 1. The summed E-state index contributed by atoms with van der Waals surface area (Å²) in [4.78, 5) is 29.0. The molecule has 1 amide bonds. The monoisotopic (exact) mass is 343 g/mol. The summed E-state index contributed by atoms with van der Waals surface area (Å²) in [5.41, 5.74) is 0.980. The minimum atomic E-state index is -0.526. The number of nitrogens with one attached hydrogen (secondary N) is 1. The molecule has 0 aliphatic carbocycles. The molecule has 0 unspecified atom stereocenters. The summed E-state index contributed by atoms with van der Waals surface area (Å²) in [6.45, 7) is 3.98. The molecule has 0 fully saturated rings. The van der Waals surface area contributed by atoms with Crippen molar-refractivity contribution >= 4 is 28.0 Å². The number of pyridine rings is 1. The van der Waals surface area contributed by atoms with E-state index in [-0.39, 0.29) is 5.56 Å². The molecule has 3 heterocycles. The fourth-order valence-electron chi connectivity index (χ4n) is 2.24. The first-order valence-electron chi connectivity index (χ1n) is 7.70. The summed E-state index contributed by atoms with van der Waals surface area (Å²) < 4.78 is 1.37. The van der Waals surface area contributed by atoms with Crippen molar-refractivity contribution in [2.24, 2.45) is 0 Å². The molecule has 8 heteroatoms. The largest absolute Gasteiger partial charge is 0.296 e. The number of nitrogens with zero attached hydrogens (tertiary/aromatic N) is 4. The van der Waals surface area contributed by atoms with Crippen LogP contribution in [0, 0.1) is 6.92 Å². The number of carbonyl (C=O) groups is 1. The molecule has 0 radical (unpaired) electrons. The van der Waals surface area contributed by atoms with Crippen molar-refractivity contribution < 1.29 is 4.79 Å².